The Balaban J connectivity index is 1.31. The molecular formula is C36H41NO4. The van der Waals surface area contributed by atoms with Gasteiger partial charge >= 0.3 is 6.09 Å². The van der Waals surface area contributed by atoms with Gasteiger partial charge in [0.15, 0.2) is 5.78 Å². The van der Waals surface area contributed by atoms with E-state index in [0.29, 0.717) is 6.42 Å². The van der Waals surface area contributed by atoms with Crippen LogP contribution in [0.5, 0.6) is 5.75 Å². The molecule has 3 aromatic carbocycles. The first-order valence-corrected chi connectivity index (χ1v) is 14.7. The summed E-state index contributed by atoms with van der Waals surface area (Å²) in [5.41, 5.74) is 6.65. The fourth-order valence-electron chi connectivity index (χ4n) is 6.24. The van der Waals surface area contributed by atoms with Crippen LogP contribution in [0.25, 0.3) is 11.1 Å². The largest absolute Gasteiger partial charge is 0.488 e. The van der Waals surface area contributed by atoms with Gasteiger partial charge in [0.05, 0.1) is 6.04 Å². The van der Waals surface area contributed by atoms with E-state index in [9.17, 15) is 9.59 Å². The van der Waals surface area contributed by atoms with Gasteiger partial charge in [-0.05, 0) is 92.8 Å². The lowest BCUT2D eigenvalue weighted by molar-refractivity contribution is -0.126. The first kappa shape index (κ1) is 28.7. The number of rotatable bonds is 8. The summed E-state index contributed by atoms with van der Waals surface area (Å²) in [4.78, 5) is 27.1. The summed E-state index contributed by atoms with van der Waals surface area (Å²) in [6, 6.07) is 23.6. The Morgan fingerprint density at radius 1 is 0.927 bits per heavy atom. The molecule has 0 aromatic heterocycles. The fourth-order valence-corrected chi connectivity index (χ4v) is 6.24. The van der Waals surface area contributed by atoms with Gasteiger partial charge in [-0.15, -0.1) is 0 Å². The Morgan fingerprint density at radius 2 is 1.54 bits per heavy atom. The van der Waals surface area contributed by atoms with Crippen LogP contribution >= 0.6 is 0 Å². The lowest BCUT2D eigenvalue weighted by Crippen LogP contribution is -2.47. The summed E-state index contributed by atoms with van der Waals surface area (Å²) in [6.45, 7) is 10.4. The van der Waals surface area contributed by atoms with Gasteiger partial charge in [0.1, 0.15) is 18.0 Å². The van der Waals surface area contributed by atoms with Crippen molar-refractivity contribution in [3.63, 3.8) is 0 Å². The number of ether oxygens (including phenoxy) is 2. The summed E-state index contributed by atoms with van der Waals surface area (Å²) < 4.78 is 11.8. The highest BCUT2D eigenvalue weighted by molar-refractivity contribution is 5.90. The number of amides is 1. The topological polar surface area (TPSA) is 64.6 Å². The number of hydrogen-bond acceptors (Lipinski definition) is 4. The third-order valence-electron chi connectivity index (χ3n) is 8.16. The standard InChI is InChI=1S/C36H41NO4/c1-23-14-19-27(24(2)20-23)34(38)33(21-25-15-17-26(18-16-25)41-36(3,4)5)37-35(39)40-22-32-30-12-8-6-10-28(30)29-11-7-9-13-31(29)32/h6-13,15-18,20,24,27,32-33H,14,19,21-22H2,1-5H3,(H,37,39)/t24-,27?,33?/m1/s1. The molecule has 2 aliphatic rings. The Kier molecular flexibility index (Phi) is 8.35. The molecule has 5 nitrogen and oxygen atoms in total. The van der Waals surface area contributed by atoms with Crippen molar-refractivity contribution in [1.29, 1.82) is 0 Å². The Hall–Kier alpha value is -3.86. The minimum atomic E-state index is -0.681. The maximum Gasteiger partial charge on any atom is 0.407 e. The minimum Gasteiger partial charge on any atom is -0.488 e. The zero-order valence-electron chi connectivity index (χ0n) is 24.8. The van der Waals surface area contributed by atoms with Crippen LogP contribution in [0.15, 0.2) is 84.4 Å². The molecule has 1 N–H and O–H groups in total. The molecule has 0 radical (unpaired) electrons. The number of carbonyl (C=O) groups excluding carboxylic acids is 2. The van der Waals surface area contributed by atoms with Crippen LogP contribution in [0.3, 0.4) is 0 Å². The molecule has 214 valence electrons. The van der Waals surface area contributed by atoms with E-state index in [4.69, 9.17) is 9.47 Å². The van der Waals surface area contributed by atoms with Gasteiger partial charge in [-0.25, -0.2) is 4.79 Å². The molecule has 2 unspecified atom stereocenters. The van der Waals surface area contributed by atoms with E-state index in [1.54, 1.807) is 0 Å². The summed E-state index contributed by atoms with van der Waals surface area (Å²) in [6.07, 6.45) is 3.72. The number of allylic oxidation sites excluding steroid dienone is 2. The van der Waals surface area contributed by atoms with Crippen LogP contribution in [-0.2, 0) is 16.0 Å². The molecular weight excluding hydrogens is 510 g/mol. The molecule has 3 atom stereocenters. The van der Waals surface area contributed by atoms with Crippen molar-refractivity contribution in [2.24, 2.45) is 11.8 Å². The van der Waals surface area contributed by atoms with Gasteiger partial charge in [-0.3, -0.25) is 4.79 Å². The van der Waals surface area contributed by atoms with Crippen molar-refractivity contribution in [3.05, 3.63) is 101 Å². The zero-order valence-corrected chi connectivity index (χ0v) is 24.8. The summed E-state index contributed by atoms with van der Waals surface area (Å²) in [7, 11) is 0. The zero-order chi connectivity index (χ0) is 29.1. The molecule has 0 saturated heterocycles. The first-order valence-electron chi connectivity index (χ1n) is 14.7. The molecule has 41 heavy (non-hydrogen) atoms. The predicted octanol–water partition coefficient (Wildman–Crippen LogP) is 7.88. The molecule has 5 rings (SSSR count). The van der Waals surface area contributed by atoms with Crippen LogP contribution in [-0.4, -0.2) is 30.1 Å². The van der Waals surface area contributed by atoms with Crippen molar-refractivity contribution in [3.8, 4) is 16.9 Å². The molecule has 3 aromatic rings. The van der Waals surface area contributed by atoms with E-state index in [1.165, 1.54) is 16.7 Å². The third-order valence-corrected chi connectivity index (χ3v) is 8.16. The maximum atomic E-state index is 13.9. The second kappa shape index (κ2) is 11.9. The minimum absolute atomic E-state index is 0.0378. The molecule has 1 amide bonds. The van der Waals surface area contributed by atoms with Gasteiger partial charge in [0.2, 0.25) is 0 Å². The van der Waals surface area contributed by atoms with Gasteiger partial charge < -0.3 is 14.8 Å². The van der Waals surface area contributed by atoms with E-state index in [-0.39, 0.29) is 35.7 Å². The van der Waals surface area contributed by atoms with Gasteiger partial charge in [0, 0.05) is 11.8 Å². The number of fused-ring (bicyclic) bond motifs is 3. The summed E-state index contributed by atoms with van der Waals surface area (Å²) >= 11 is 0. The molecule has 2 aliphatic carbocycles. The average molecular weight is 552 g/mol. The van der Waals surface area contributed by atoms with Crippen molar-refractivity contribution < 1.29 is 19.1 Å². The number of ketones is 1. The van der Waals surface area contributed by atoms with E-state index in [2.05, 4.69) is 49.5 Å². The number of nitrogens with one attached hydrogen (secondary N) is 1. The maximum absolute atomic E-state index is 13.9. The van der Waals surface area contributed by atoms with Gasteiger partial charge in [-0.2, -0.15) is 0 Å². The SMILES string of the molecule is CC1=C[C@@H](C)C(C(=O)C(Cc2ccc(OC(C)(C)C)cc2)NC(=O)OCC2c3ccccc3-c3ccccc32)CC1. The molecule has 0 bridgehead atoms. The van der Waals surface area contributed by atoms with E-state index in [0.717, 1.165) is 35.3 Å². The van der Waals surface area contributed by atoms with E-state index >= 15 is 0 Å². The molecule has 0 fully saturated rings. The smallest absolute Gasteiger partial charge is 0.407 e. The van der Waals surface area contributed by atoms with Gasteiger partial charge in [0.25, 0.3) is 0 Å². The van der Waals surface area contributed by atoms with Crippen LogP contribution in [0.1, 0.15) is 70.1 Å². The normalized spacial score (nSPS) is 19.0. The second-order valence-electron chi connectivity index (χ2n) is 12.5. The molecule has 0 saturated carbocycles. The fraction of sp³-hybridized carbons (Fsp3) is 0.389. The lowest BCUT2D eigenvalue weighted by atomic mass is 9.77. The Morgan fingerprint density at radius 3 is 2.12 bits per heavy atom. The highest BCUT2D eigenvalue weighted by Crippen LogP contribution is 2.44. The first-order chi connectivity index (χ1) is 19.6. The second-order valence-corrected chi connectivity index (χ2v) is 12.5. The summed E-state index contributed by atoms with van der Waals surface area (Å²) in [5.74, 6) is 0.788. The number of hydrogen-bond donors (Lipinski definition) is 1. The number of benzene rings is 3. The van der Waals surface area contributed by atoms with Crippen molar-refractivity contribution >= 4 is 11.9 Å². The van der Waals surface area contributed by atoms with Crippen molar-refractivity contribution in [1.82, 2.24) is 5.32 Å². The number of alkyl carbamates (subject to hydrolysis) is 1. The number of carbonyl (C=O) groups is 2. The molecule has 0 heterocycles. The molecule has 0 aliphatic heterocycles. The van der Waals surface area contributed by atoms with Crippen LogP contribution in [0.4, 0.5) is 4.79 Å². The quantitative estimate of drug-likeness (QED) is 0.289. The predicted molar refractivity (Wildman–Crippen MR) is 163 cm³/mol. The Labute approximate surface area is 244 Å². The third kappa shape index (κ3) is 6.73. The van der Waals surface area contributed by atoms with Crippen molar-refractivity contribution in [2.45, 2.75) is 71.4 Å². The lowest BCUT2D eigenvalue weighted by Gasteiger charge is -2.29. The average Bonchev–Trinajstić information content (AvgIpc) is 3.25. The summed E-state index contributed by atoms with van der Waals surface area (Å²) in [5, 5.41) is 2.96. The van der Waals surface area contributed by atoms with Gasteiger partial charge in [-0.1, -0.05) is 79.2 Å². The van der Waals surface area contributed by atoms with E-state index < -0.39 is 12.1 Å². The highest BCUT2D eigenvalue weighted by atomic mass is 16.5. The van der Waals surface area contributed by atoms with Crippen LogP contribution < -0.4 is 10.1 Å². The monoisotopic (exact) mass is 551 g/mol. The van der Waals surface area contributed by atoms with E-state index in [1.807, 2.05) is 69.3 Å². The highest BCUT2D eigenvalue weighted by Gasteiger charge is 2.34. The molecule has 0 spiro atoms. The van der Waals surface area contributed by atoms with Crippen LogP contribution in [0.2, 0.25) is 0 Å². The van der Waals surface area contributed by atoms with Crippen LogP contribution in [0, 0.1) is 11.8 Å². The Bertz CT molecular complexity index is 1390. The van der Waals surface area contributed by atoms with Crippen molar-refractivity contribution in [2.75, 3.05) is 6.61 Å². The number of Topliss-reactive ketones (excluding diaryl/α,β-unsaturated/α-hetero) is 1. The molecule has 5 heteroatoms.